The Hall–Kier alpha value is -1.57. The van der Waals surface area contributed by atoms with Gasteiger partial charge < -0.3 is 11.1 Å². The zero-order chi connectivity index (χ0) is 13.1. The van der Waals surface area contributed by atoms with Gasteiger partial charge in [-0.15, -0.1) is 0 Å². The van der Waals surface area contributed by atoms with Crippen molar-refractivity contribution in [3.05, 3.63) is 45.2 Å². The summed E-state index contributed by atoms with van der Waals surface area (Å²) in [5.74, 6) is 0.460. The fourth-order valence-electron chi connectivity index (χ4n) is 1.54. The Kier molecular flexibility index (Phi) is 3.85. The number of benzene rings is 1. The number of amides is 1. The van der Waals surface area contributed by atoms with Gasteiger partial charge in [-0.25, -0.2) is 0 Å². The zero-order valence-electron chi connectivity index (χ0n) is 9.85. The van der Waals surface area contributed by atoms with E-state index in [-0.39, 0.29) is 5.91 Å². The van der Waals surface area contributed by atoms with Crippen LogP contribution in [0.2, 0.25) is 0 Å². The summed E-state index contributed by atoms with van der Waals surface area (Å²) < 4.78 is 2.50. The molecule has 0 aliphatic carbocycles. The van der Waals surface area contributed by atoms with Crippen molar-refractivity contribution in [2.24, 2.45) is 7.05 Å². The summed E-state index contributed by atoms with van der Waals surface area (Å²) in [5.41, 5.74) is 7.29. The Morgan fingerprint density at radius 3 is 2.83 bits per heavy atom. The Labute approximate surface area is 119 Å². The number of nitrogen functional groups attached to an aromatic ring is 1. The molecular formula is C12H13IN4O. The minimum atomic E-state index is -0.108. The summed E-state index contributed by atoms with van der Waals surface area (Å²) >= 11 is 2.14. The van der Waals surface area contributed by atoms with Crippen LogP contribution in [0.1, 0.15) is 15.9 Å². The Balaban J connectivity index is 2.05. The molecule has 0 atom stereocenters. The molecule has 0 saturated heterocycles. The number of carbonyl (C=O) groups excluding carboxylic acids is 1. The molecule has 0 unspecified atom stereocenters. The van der Waals surface area contributed by atoms with E-state index in [0.29, 0.717) is 17.9 Å². The summed E-state index contributed by atoms with van der Waals surface area (Å²) in [6, 6.07) is 7.44. The van der Waals surface area contributed by atoms with Gasteiger partial charge in [0, 0.05) is 22.7 Å². The molecular weight excluding hydrogens is 343 g/mol. The number of aromatic nitrogens is 2. The number of halogens is 1. The van der Waals surface area contributed by atoms with Gasteiger partial charge in [-0.3, -0.25) is 9.48 Å². The number of carbonyl (C=O) groups is 1. The summed E-state index contributed by atoms with van der Waals surface area (Å²) in [5, 5.41) is 6.86. The van der Waals surface area contributed by atoms with Gasteiger partial charge in [0.25, 0.3) is 5.91 Å². The quantitative estimate of drug-likeness (QED) is 0.820. The molecule has 0 aliphatic rings. The van der Waals surface area contributed by atoms with Crippen molar-refractivity contribution in [2.75, 3.05) is 5.73 Å². The first-order chi connectivity index (χ1) is 8.59. The third kappa shape index (κ3) is 2.63. The number of anilines is 1. The number of hydrogen-bond donors (Lipinski definition) is 2. The maximum atomic E-state index is 12.0. The fourth-order valence-corrected chi connectivity index (χ4v) is 2.18. The maximum absolute atomic E-state index is 12.0. The van der Waals surface area contributed by atoms with E-state index in [1.165, 1.54) is 0 Å². The fraction of sp³-hybridized carbons (Fsp3) is 0.167. The SMILES string of the molecule is Cn1ncc(CNC(=O)c2ccccc2I)c1N. The molecule has 0 radical (unpaired) electrons. The van der Waals surface area contributed by atoms with E-state index in [2.05, 4.69) is 33.0 Å². The lowest BCUT2D eigenvalue weighted by Gasteiger charge is -2.06. The molecule has 0 fully saturated rings. The Morgan fingerprint density at radius 1 is 1.50 bits per heavy atom. The molecule has 2 rings (SSSR count). The lowest BCUT2D eigenvalue weighted by molar-refractivity contribution is 0.0950. The van der Waals surface area contributed by atoms with Crippen molar-refractivity contribution in [1.82, 2.24) is 15.1 Å². The normalized spacial score (nSPS) is 10.3. The first-order valence-corrected chi connectivity index (χ1v) is 6.46. The van der Waals surface area contributed by atoms with Crippen LogP contribution in [0.5, 0.6) is 0 Å². The molecule has 1 heterocycles. The molecule has 3 N–H and O–H groups in total. The molecule has 0 bridgehead atoms. The Morgan fingerprint density at radius 2 is 2.22 bits per heavy atom. The van der Waals surface area contributed by atoms with Gasteiger partial charge in [-0.05, 0) is 34.7 Å². The van der Waals surface area contributed by atoms with Gasteiger partial charge in [0.05, 0.1) is 11.8 Å². The van der Waals surface area contributed by atoms with Crippen LogP contribution >= 0.6 is 22.6 Å². The Bertz CT molecular complexity index is 579. The van der Waals surface area contributed by atoms with Crippen molar-refractivity contribution in [3.8, 4) is 0 Å². The topological polar surface area (TPSA) is 72.9 Å². The van der Waals surface area contributed by atoms with Gasteiger partial charge >= 0.3 is 0 Å². The van der Waals surface area contributed by atoms with Gasteiger partial charge in [0.1, 0.15) is 5.82 Å². The largest absolute Gasteiger partial charge is 0.384 e. The highest BCUT2D eigenvalue weighted by Gasteiger charge is 2.10. The van der Waals surface area contributed by atoms with E-state index in [4.69, 9.17) is 5.73 Å². The monoisotopic (exact) mass is 356 g/mol. The van der Waals surface area contributed by atoms with E-state index < -0.39 is 0 Å². The van der Waals surface area contributed by atoms with Crippen molar-refractivity contribution >= 4 is 34.3 Å². The second kappa shape index (κ2) is 5.38. The van der Waals surface area contributed by atoms with Crippen LogP contribution in [0, 0.1) is 3.57 Å². The van der Waals surface area contributed by atoms with Crippen LogP contribution in [-0.4, -0.2) is 15.7 Å². The van der Waals surface area contributed by atoms with Crippen molar-refractivity contribution in [1.29, 1.82) is 0 Å². The summed E-state index contributed by atoms with van der Waals surface area (Å²) in [4.78, 5) is 12.0. The smallest absolute Gasteiger partial charge is 0.252 e. The van der Waals surface area contributed by atoms with Crippen LogP contribution < -0.4 is 11.1 Å². The van der Waals surface area contributed by atoms with E-state index in [9.17, 15) is 4.79 Å². The molecule has 0 aliphatic heterocycles. The summed E-state index contributed by atoms with van der Waals surface area (Å²) in [6.45, 7) is 0.378. The average molecular weight is 356 g/mol. The minimum absolute atomic E-state index is 0.108. The molecule has 18 heavy (non-hydrogen) atoms. The first kappa shape index (κ1) is 12.9. The third-order valence-electron chi connectivity index (χ3n) is 2.62. The summed E-state index contributed by atoms with van der Waals surface area (Å²) in [7, 11) is 1.76. The van der Waals surface area contributed by atoms with Crippen molar-refractivity contribution < 1.29 is 4.79 Å². The first-order valence-electron chi connectivity index (χ1n) is 5.38. The standard InChI is InChI=1S/C12H13IN4O/c1-17-11(14)8(7-16-17)6-15-12(18)9-4-2-3-5-10(9)13/h2-5,7H,6,14H2,1H3,(H,15,18). The van der Waals surface area contributed by atoms with Gasteiger partial charge in [0.2, 0.25) is 0 Å². The molecule has 94 valence electrons. The van der Waals surface area contributed by atoms with E-state index in [0.717, 1.165) is 9.13 Å². The number of rotatable bonds is 3. The molecule has 1 aromatic carbocycles. The van der Waals surface area contributed by atoms with Crippen LogP contribution in [0.4, 0.5) is 5.82 Å². The van der Waals surface area contributed by atoms with Gasteiger partial charge in [0.15, 0.2) is 0 Å². The number of hydrogen-bond acceptors (Lipinski definition) is 3. The number of nitrogens with two attached hydrogens (primary N) is 1. The van der Waals surface area contributed by atoms with E-state index in [1.807, 2.05) is 18.2 Å². The molecule has 1 amide bonds. The highest BCUT2D eigenvalue weighted by molar-refractivity contribution is 14.1. The predicted molar refractivity (Wildman–Crippen MR) is 77.9 cm³/mol. The summed E-state index contributed by atoms with van der Waals surface area (Å²) in [6.07, 6.45) is 1.66. The average Bonchev–Trinajstić information content (AvgIpc) is 2.68. The number of nitrogens with one attached hydrogen (secondary N) is 1. The number of nitrogens with zero attached hydrogens (tertiary/aromatic N) is 2. The van der Waals surface area contributed by atoms with Crippen molar-refractivity contribution in [2.45, 2.75) is 6.54 Å². The lowest BCUT2D eigenvalue weighted by Crippen LogP contribution is -2.23. The second-order valence-corrected chi connectivity index (χ2v) is 5.00. The zero-order valence-corrected chi connectivity index (χ0v) is 12.0. The molecule has 2 aromatic rings. The predicted octanol–water partition coefficient (Wildman–Crippen LogP) is 1.54. The minimum Gasteiger partial charge on any atom is -0.384 e. The highest BCUT2D eigenvalue weighted by Crippen LogP contribution is 2.12. The second-order valence-electron chi connectivity index (χ2n) is 3.84. The van der Waals surface area contributed by atoms with E-state index in [1.54, 1.807) is 24.0 Å². The number of aryl methyl sites for hydroxylation is 1. The molecule has 0 saturated carbocycles. The third-order valence-corrected chi connectivity index (χ3v) is 3.56. The maximum Gasteiger partial charge on any atom is 0.252 e. The molecule has 6 heteroatoms. The van der Waals surface area contributed by atoms with Crippen molar-refractivity contribution in [3.63, 3.8) is 0 Å². The lowest BCUT2D eigenvalue weighted by atomic mass is 10.2. The molecule has 5 nitrogen and oxygen atoms in total. The molecule has 0 spiro atoms. The van der Waals surface area contributed by atoms with Crippen LogP contribution in [0.15, 0.2) is 30.5 Å². The van der Waals surface area contributed by atoms with Gasteiger partial charge in [-0.2, -0.15) is 5.10 Å². The van der Waals surface area contributed by atoms with Crippen LogP contribution in [-0.2, 0) is 13.6 Å². The molecule has 1 aromatic heterocycles. The van der Waals surface area contributed by atoms with Crippen LogP contribution in [0.25, 0.3) is 0 Å². The highest BCUT2D eigenvalue weighted by atomic mass is 127. The van der Waals surface area contributed by atoms with Gasteiger partial charge in [-0.1, -0.05) is 12.1 Å². The van der Waals surface area contributed by atoms with Crippen LogP contribution in [0.3, 0.4) is 0 Å². The van der Waals surface area contributed by atoms with E-state index >= 15 is 0 Å².